The molecule has 0 saturated heterocycles. The fourth-order valence-corrected chi connectivity index (χ4v) is 2.19. The highest BCUT2D eigenvalue weighted by atomic mass is 19.4. The highest BCUT2D eigenvalue weighted by molar-refractivity contribution is 5.83. The van der Waals surface area contributed by atoms with E-state index in [2.05, 4.69) is 0 Å². The predicted molar refractivity (Wildman–Crippen MR) is 82.7 cm³/mol. The molecule has 134 valence electrons. The smallest absolute Gasteiger partial charge is 0.416 e. The fraction of sp³-hybridized carbons (Fsp3) is 0.176. The Bertz CT molecular complexity index is 861. The average molecular weight is 364 g/mol. The number of hydrogen-bond donors (Lipinski definition) is 0. The molecule has 9 heteroatoms. The molecule has 0 amide bonds. The maximum atomic E-state index is 12.9. The van der Waals surface area contributed by atoms with E-state index < -0.39 is 39.8 Å². The molecule has 1 unspecified atom stereocenters. The second kappa shape index (κ2) is 7.65. The van der Waals surface area contributed by atoms with Gasteiger partial charge in [0.15, 0.2) is 5.92 Å². The van der Waals surface area contributed by atoms with Crippen molar-refractivity contribution < 1.29 is 27.6 Å². The van der Waals surface area contributed by atoms with Crippen LogP contribution in [0.4, 0.5) is 18.9 Å². The zero-order valence-corrected chi connectivity index (χ0v) is 13.1. The molecule has 2 aromatic rings. The minimum absolute atomic E-state index is 0.218. The van der Waals surface area contributed by atoms with Crippen LogP contribution in [-0.4, -0.2) is 10.9 Å². The van der Waals surface area contributed by atoms with Crippen LogP contribution in [0.5, 0.6) is 0 Å². The monoisotopic (exact) mass is 364 g/mol. The summed E-state index contributed by atoms with van der Waals surface area (Å²) in [7, 11) is 0. The molecule has 0 aliphatic heterocycles. The number of ether oxygens (including phenoxy) is 1. The lowest BCUT2D eigenvalue weighted by Crippen LogP contribution is -2.17. The Hall–Kier alpha value is -3.41. The zero-order valence-electron chi connectivity index (χ0n) is 13.1. The van der Waals surface area contributed by atoms with Crippen molar-refractivity contribution in [1.82, 2.24) is 0 Å². The Morgan fingerprint density at radius 3 is 2.42 bits per heavy atom. The first-order chi connectivity index (χ1) is 12.2. The first kappa shape index (κ1) is 18.9. The largest absolute Gasteiger partial charge is 0.460 e. The summed E-state index contributed by atoms with van der Waals surface area (Å²) < 4.78 is 43.5. The second-order valence-electron chi connectivity index (χ2n) is 5.18. The lowest BCUT2D eigenvalue weighted by atomic mass is 9.96. The van der Waals surface area contributed by atoms with E-state index in [-0.39, 0.29) is 6.61 Å². The Morgan fingerprint density at radius 1 is 1.23 bits per heavy atom. The number of nitrogens with zero attached hydrogens (tertiary/aromatic N) is 2. The lowest BCUT2D eigenvalue weighted by Gasteiger charge is -2.13. The summed E-state index contributed by atoms with van der Waals surface area (Å²) in [6.07, 6.45) is -4.78. The van der Waals surface area contributed by atoms with Gasteiger partial charge in [-0.1, -0.05) is 30.3 Å². The van der Waals surface area contributed by atoms with Gasteiger partial charge in [0.2, 0.25) is 0 Å². The maximum absolute atomic E-state index is 12.9. The van der Waals surface area contributed by atoms with Crippen molar-refractivity contribution >= 4 is 11.7 Å². The third-order valence-electron chi connectivity index (χ3n) is 3.45. The van der Waals surface area contributed by atoms with Gasteiger partial charge in [0.1, 0.15) is 6.61 Å². The molecule has 0 spiro atoms. The molecule has 0 radical (unpaired) electrons. The fourth-order valence-electron chi connectivity index (χ4n) is 2.19. The van der Waals surface area contributed by atoms with Gasteiger partial charge in [-0.25, -0.2) is 0 Å². The van der Waals surface area contributed by atoms with Gasteiger partial charge in [0.25, 0.3) is 5.69 Å². The minimum atomic E-state index is -4.78. The first-order valence-corrected chi connectivity index (χ1v) is 7.19. The van der Waals surface area contributed by atoms with Crippen molar-refractivity contribution in [1.29, 1.82) is 5.26 Å². The van der Waals surface area contributed by atoms with Gasteiger partial charge in [-0.3, -0.25) is 14.9 Å². The zero-order chi connectivity index (χ0) is 19.3. The van der Waals surface area contributed by atoms with Gasteiger partial charge in [-0.05, 0) is 17.7 Å². The van der Waals surface area contributed by atoms with Crippen LogP contribution < -0.4 is 0 Å². The molecule has 2 rings (SSSR count). The number of nitriles is 1. The van der Waals surface area contributed by atoms with Crippen molar-refractivity contribution in [3.8, 4) is 6.07 Å². The highest BCUT2D eigenvalue weighted by Crippen LogP contribution is 2.35. The van der Waals surface area contributed by atoms with Crippen LogP contribution in [0.15, 0.2) is 48.5 Å². The van der Waals surface area contributed by atoms with Gasteiger partial charge >= 0.3 is 12.1 Å². The van der Waals surface area contributed by atoms with Gasteiger partial charge in [0.05, 0.1) is 22.1 Å². The Morgan fingerprint density at radius 2 is 1.88 bits per heavy atom. The van der Waals surface area contributed by atoms with Crippen LogP contribution in [0, 0.1) is 21.4 Å². The molecule has 0 heterocycles. The van der Waals surface area contributed by atoms with Gasteiger partial charge in [0, 0.05) is 6.07 Å². The van der Waals surface area contributed by atoms with Crippen molar-refractivity contribution in [2.75, 3.05) is 0 Å². The third-order valence-corrected chi connectivity index (χ3v) is 3.45. The number of halogens is 3. The number of benzene rings is 2. The van der Waals surface area contributed by atoms with Crippen molar-refractivity contribution in [2.45, 2.75) is 18.7 Å². The van der Waals surface area contributed by atoms with E-state index in [9.17, 15) is 33.3 Å². The normalized spacial score (nSPS) is 12.1. The molecule has 6 nitrogen and oxygen atoms in total. The minimum Gasteiger partial charge on any atom is -0.460 e. The van der Waals surface area contributed by atoms with Crippen molar-refractivity contribution in [3.63, 3.8) is 0 Å². The van der Waals surface area contributed by atoms with E-state index in [1.54, 1.807) is 30.3 Å². The standard InChI is InChI=1S/C17H11F3N2O4/c18-17(19,20)12-6-7-15(22(24)25)13(8-12)14(9-21)16(23)26-10-11-4-2-1-3-5-11/h1-8,14H,10H2. The summed E-state index contributed by atoms with van der Waals surface area (Å²) in [5, 5.41) is 20.3. The number of esters is 1. The molecule has 0 aliphatic carbocycles. The maximum Gasteiger partial charge on any atom is 0.416 e. The molecule has 0 fully saturated rings. The highest BCUT2D eigenvalue weighted by Gasteiger charge is 2.36. The van der Waals surface area contributed by atoms with Crippen molar-refractivity contribution in [3.05, 3.63) is 75.3 Å². The van der Waals surface area contributed by atoms with Crippen LogP contribution in [-0.2, 0) is 22.3 Å². The summed E-state index contributed by atoms with van der Waals surface area (Å²) in [6, 6.07) is 11.4. The molecule has 2 aromatic carbocycles. The predicted octanol–water partition coefficient (Wildman–Crippen LogP) is 3.96. The number of nitro groups is 1. The van der Waals surface area contributed by atoms with Crippen LogP contribution in [0.2, 0.25) is 0 Å². The van der Waals surface area contributed by atoms with Crippen LogP contribution in [0.3, 0.4) is 0 Å². The van der Waals surface area contributed by atoms with Gasteiger partial charge in [-0.15, -0.1) is 0 Å². The van der Waals surface area contributed by atoms with Gasteiger partial charge < -0.3 is 4.74 Å². The Kier molecular flexibility index (Phi) is 5.57. The summed E-state index contributed by atoms with van der Waals surface area (Å²) in [4.78, 5) is 22.2. The van der Waals surface area contributed by atoms with Crippen LogP contribution in [0.1, 0.15) is 22.6 Å². The van der Waals surface area contributed by atoms with Crippen LogP contribution >= 0.6 is 0 Å². The number of nitro benzene ring substituents is 1. The Labute approximate surface area is 145 Å². The third kappa shape index (κ3) is 4.36. The van der Waals surface area contributed by atoms with E-state index in [4.69, 9.17) is 4.74 Å². The molecular formula is C17H11F3N2O4. The second-order valence-corrected chi connectivity index (χ2v) is 5.18. The number of hydrogen-bond acceptors (Lipinski definition) is 5. The van der Waals surface area contributed by atoms with Crippen LogP contribution in [0.25, 0.3) is 0 Å². The molecule has 0 aromatic heterocycles. The topological polar surface area (TPSA) is 93.2 Å². The Balaban J connectivity index is 2.34. The summed E-state index contributed by atoms with van der Waals surface area (Å²) in [6.45, 7) is -0.218. The SMILES string of the molecule is N#CC(C(=O)OCc1ccccc1)c1cc(C(F)(F)F)ccc1[N+](=O)[O-]. The van der Waals surface area contributed by atoms with E-state index in [0.717, 1.165) is 0 Å². The molecule has 0 aliphatic rings. The van der Waals surface area contributed by atoms with Crippen molar-refractivity contribution in [2.24, 2.45) is 0 Å². The number of carbonyl (C=O) groups is 1. The van der Waals surface area contributed by atoms with E-state index in [1.165, 1.54) is 6.07 Å². The summed E-state index contributed by atoms with van der Waals surface area (Å²) >= 11 is 0. The number of carbonyl (C=O) groups excluding carboxylic acids is 1. The molecule has 0 bridgehead atoms. The quantitative estimate of drug-likeness (QED) is 0.455. The average Bonchev–Trinajstić information content (AvgIpc) is 2.60. The molecule has 26 heavy (non-hydrogen) atoms. The van der Waals surface area contributed by atoms with E-state index in [1.807, 2.05) is 0 Å². The van der Waals surface area contributed by atoms with Gasteiger partial charge in [-0.2, -0.15) is 18.4 Å². The molecular weight excluding hydrogens is 353 g/mol. The molecule has 0 N–H and O–H groups in total. The first-order valence-electron chi connectivity index (χ1n) is 7.19. The van der Waals surface area contributed by atoms with E-state index >= 15 is 0 Å². The lowest BCUT2D eigenvalue weighted by molar-refractivity contribution is -0.385. The van der Waals surface area contributed by atoms with E-state index in [0.29, 0.717) is 23.8 Å². The molecule has 0 saturated carbocycles. The number of rotatable bonds is 5. The summed E-state index contributed by atoms with van der Waals surface area (Å²) in [5.74, 6) is -3.03. The summed E-state index contributed by atoms with van der Waals surface area (Å²) in [5.41, 5.74) is -2.03. The molecule has 1 atom stereocenters. The number of alkyl halides is 3.